The Hall–Kier alpha value is -3.45. The monoisotopic (exact) mass is 414 g/mol. The van der Waals surface area contributed by atoms with Crippen molar-refractivity contribution in [2.75, 3.05) is 26.2 Å². The molecular weight excluding hydrogens is 388 g/mol. The lowest BCUT2D eigenvalue weighted by Gasteiger charge is -2.34. The fourth-order valence-electron chi connectivity index (χ4n) is 4.24. The molecule has 5 rings (SSSR count). The van der Waals surface area contributed by atoms with Crippen LogP contribution >= 0.6 is 0 Å². The summed E-state index contributed by atoms with van der Waals surface area (Å²) in [7, 11) is 1.98. The van der Waals surface area contributed by atoms with Gasteiger partial charge in [0.15, 0.2) is 0 Å². The number of amides is 1. The maximum Gasteiger partial charge on any atom is 0.270 e. The molecule has 1 N–H and O–H groups in total. The van der Waals surface area contributed by atoms with Gasteiger partial charge in [-0.2, -0.15) is 5.10 Å². The van der Waals surface area contributed by atoms with E-state index in [1.807, 2.05) is 53.2 Å². The van der Waals surface area contributed by atoms with Gasteiger partial charge in [0, 0.05) is 68.6 Å². The van der Waals surface area contributed by atoms with E-state index >= 15 is 0 Å². The van der Waals surface area contributed by atoms with Crippen LogP contribution in [0.15, 0.2) is 54.9 Å². The van der Waals surface area contributed by atoms with E-state index in [1.165, 1.54) is 5.56 Å². The number of hydrogen-bond donors (Lipinski definition) is 1. The van der Waals surface area contributed by atoms with E-state index in [0.717, 1.165) is 60.6 Å². The molecular formula is C24H26N6O. The normalized spacial score (nSPS) is 15.0. The predicted octanol–water partition coefficient (Wildman–Crippen LogP) is 3.23. The summed E-state index contributed by atoms with van der Waals surface area (Å²) in [5.41, 5.74) is 5.99. The van der Waals surface area contributed by atoms with Gasteiger partial charge in [-0.05, 0) is 42.8 Å². The van der Waals surface area contributed by atoms with Crippen molar-refractivity contribution in [3.63, 3.8) is 0 Å². The van der Waals surface area contributed by atoms with Crippen LogP contribution in [0.4, 0.5) is 0 Å². The molecule has 1 aliphatic rings. The summed E-state index contributed by atoms with van der Waals surface area (Å²) < 4.78 is 1.94. The third-order valence-electron chi connectivity index (χ3n) is 6.09. The van der Waals surface area contributed by atoms with Gasteiger partial charge in [0.2, 0.25) is 0 Å². The fraction of sp³-hybridized carbons (Fsp3) is 0.292. The number of nitrogens with zero attached hydrogens (tertiary/aromatic N) is 5. The van der Waals surface area contributed by atoms with Crippen molar-refractivity contribution >= 4 is 16.8 Å². The van der Waals surface area contributed by atoms with Gasteiger partial charge in [0.05, 0.1) is 11.4 Å². The Balaban J connectivity index is 1.23. The number of benzene rings is 1. The van der Waals surface area contributed by atoms with Crippen LogP contribution in [0.25, 0.3) is 22.2 Å². The van der Waals surface area contributed by atoms with Gasteiger partial charge in [0.1, 0.15) is 5.69 Å². The molecule has 0 aliphatic carbocycles. The smallest absolute Gasteiger partial charge is 0.270 e. The second kappa shape index (κ2) is 8.00. The molecule has 158 valence electrons. The Morgan fingerprint density at radius 2 is 1.94 bits per heavy atom. The van der Waals surface area contributed by atoms with Crippen LogP contribution in [0.5, 0.6) is 0 Å². The molecule has 4 heterocycles. The number of H-pyrrole nitrogens is 1. The molecule has 0 spiro atoms. The quantitative estimate of drug-likeness (QED) is 0.557. The number of hydrogen-bond acceptors (Lipinski definition) is 4. The maximum atomic E-state index is 13.0. The maximum absolute atomic E-state index is 13.0. The molecule has 0 bridgehead atoms. The predicted molar refractivity (Wildman–Crippen MR) is 121 cm³/mol. The third-order valence-corrected chi connectivity index (χ3v) is 6.09. The number of pyridine rings is 1. The number of piperazine rings is 1. The van der Waals surface area contributed by atoms with Crippen molar-refractivity contribution in [1.82, 2.24) is 29.5 Å². The highest BCUT2D eigenvalue weighted by atomic mass is 16.2. The first-order chi connectivity index (χ1) is 15.1. The molecule has 1 aromatic carbocycles. The molecule has 1 saturated heterocycles. The second-order valence-corrected chi connectivity index (χ2v) is 8.17. The SMILES string of the molecule is Cc1cccc2[nH]c(C(=O)N3CCN(Cc4cc(-c5cccnc5)nn4C)CC3)cc12. The Morgan fingerprint density at radius 1 is 1.10 bits per heavy atom. The number of carbonyl (C=O) groups excluding carboxylic acids is 1. The zero-order chi connectivity index (χ0) is 21.4. The van der Waals surface area contributed by atoms with E-state index in [4.69, 9.17) is 0 Å². The number of aryl methyl sites for hydroxylation is 2. The Bertz CT molecular complexity index is 1220. The summed E-state index contributed by atoms with van der Waals surface area (Å²) in [4.78, 5) is 24.8. The summed E-state index contributed by atoms with van der Waals surface area (Å²) in [6.07, 6.45) is 3.60. The standard InChI is InChI=1S/C24H26N6O/c1-17-5-3-7-21-20(17)14-23(26-21)24(31)30-11-9-29(10-12-30)16-19-13-22(27-28(19)2)18-6-4-8-25-15-18/h3-8,13-15,26H,9-12,16H2,1-2H3. The molecule has 0 radical (unpaired) electrons. The minimum atomic E-state index is 0.0784. The van der Waals surface area contributed by atoms with E-state index in [2.05, 4.69) is 39.0 Å². The zero-order valence-electron chi connectivity index (χ0n) is 17.9. The van der Waals surface area contributed by atoms with Crippen molar-refractivity contribution in [1.29, 1.82) is 0 Å². The van der Waals surface area contributed by atoms with Gasteiger partial charge in [-0.3, -0.25) is 19.4 Å². The van der Waals surface area contributed by atoms with Crippen LogP contribution in [0, 0.1) is 6.92 Å². The molecule has 1 fully saturated rings. The van der Waals surface area contributed by atoms with Crippen molar-refractivity contribution in [3.8, 4) is 11.3 Å². The van der Waals surface area contributed by atoms with Crippen LogP contribution in [0.2, 0.25) is 0 Å². The number of carbonyl (C=O) groups is 1. The Kier molecular flexibility index (Phi) is 5.03. The summed E-state index contributed by atoms with van der Waals surface area (Å²) in [6.45, 7) is 6.02. The van der Waals surface area contributed by atoms with Crippen molar-refractivity contribution < 1.29 is 4.79 Å². The number of aromatic amines is 1. The molecule has 4 aromatic rings. The van der Waals surface area contributed by atoms with Crippen LogP contribution < -0.4 is 0 Å². The van der Waals surface area contributed by atoms with Gasteiger partial charge in [-0.25, -0.2) is 0 Å². The van der Waals surface area contributed by atoms with E-state index in [9.17, 15) is 4.79 Å². The highest BCUT2D eigenvalue weighted by Gasteiger charge is 2.24. The van der Waals surface area contributed by atoms with Crippen molar-refractivity contribution in [2.45, 2.75) is 13.5 Å². The highest BCUT2D eigenvalue weighted by Crippen LogP contribution is 2.22. The number of rotatable bonds is 4. The summed E-state index contributed by atoms with van der Waals surface area (Å²) in [6, 6.07) is 14.2. The van der Waals surface area contributed by atoms with E-state index in [-0.39, 0.29) is 5.91 Å². The Morgan fingerprint density at radius 3 is 2.68 bits per heavy atom. The second-order valence-electron chi connectivity index (χ2n) is 8.17. The first-order valence-corrected chi connectivity index (χ1v) is 10.6. The largest absolute Gasteiger partial charge is 0.351 e. The number of aromatic nitrogens is 4. The van der Waals surface area contributed by atoms with Crippen LogP contribution in [-0.4, -0.2) is 61.6 Å². The molecule has 0 unspecified atom stereocenters. The highest BCUT2D eigenvalue weighted by molar-refractivity contribution is 5.98. The first kappa shape index (κ1) is 19.5. The van der Waals surface area contributed by atoms with Crippen molar-refractivity contribution in [3.05, 3.63) is 71.8 Å². The molecule has 7 heteroatoms. The van der Waals surface area contributed by atoms with Gasteiger partial charge in [-0.1, -0.05) is 12.1 Å². The lowest BCUT2D eigenvalue weighted by molar-refractivity contribution is 0.0620. The van der Waals surface area contributed by atoms with E-state index in [0.29, 0.717) is 5.69 Å². The molecule has 3 aromatic heterocycles. The fourth-order valence-corrected chi connectivity index (χ4v) is 4.24. The average molecular weight is 415 g/mol. The molecule has 1 amide bonds. The summed E-state index contributed by atoms with van der Waals surface area (Å²) in [5, 5.41) is 5.75. The molecule has 31 heavy (non-hydrogen) atoms. The topological polar surface area (TPSA) is 70.1 Å². The lowest BCUT2D eigenvalue weighted by atomic mass is 10.1. The zero-order valence-corrected chi connectivity index (χ0v) is 17.9. The molecule has 7 nitrogen and oxygen atoms in total. The minimum absolute atomic E-state index is 0.0784. The van der Waals surface area contributed by atoms with Crippen LogP contribution in [-0.2, 0) is 13.6 Å². The van der Waals surface area contributed by atoms with Crippen LogP contribution in [0.1, 0.15) is 21.7 Å². The lowest BCUT2D eigenvalue weighted by Crippen LogP contribution is -2.48. The van der Waals surface area contributed by atoms with Crippen LogP contribution in [0.3, 0.4) is 0 Å². The summed E-state index contributed by atoms with van der Waals surface area (Å²) in [5.74, 6) is 0.0784. The van der Waals surface area contributed by atoms with Gasteiger partial charge >= 0.3 is 0 Å². The number of fused-ring (bicyclic) bond motifs is 1. The minimum Gasteiger partial charge on any atom is -0.351 e. The van der Waals surface area contributed by atoms with Gasteiger partial charge in [0.25, 0.3) is 5.91 Å². The molecule has 0 saturated carbocycles. The number of nitrogens with one attached hydrogen (secondary N) is 1. The van der Waals surface area contributed by atoms with E-state index < -0.39 is 0 Å². The third kappa shape index (κ3) is 3.84. The Labute approximate surface area is 181 Å². The van der Waals surface area contributed by atoms with Gasteiger partial charge in [-0.15, -0.1) is 0 Å². The van der Waals surface area contributed by atoms with Gasteiger partial charge < -0.3 is 9.88 Å². The molecule has 0 atom stereocenters. The first-order valence-electron chi connectivity index (χ1n) is 10.6. The summed E-state index contributed by atoms with van der Waals surface area (Å²) >= 11 is 0. The molecule has 1 aliphatic heterocycles. The average Bonchev–Trinajstić information content (AvgIpc) is 3.39. The van der Waals surface area contributed by atoms with E-state index in [1.54, 1.807) is 6.20 Å². The van der Waals surface area contributed by atoms with Crippen molar-refractivity contribution in [2.24, 2.45) is 7.05 Å².